The number of aliphatic hydroxyl groups excluding tert-OH is 1. The molecule has 0 radical (unpaired) electrons. The van der Waals surface area contributed by atoms with Crippen LogP contribution in [0.4, 0.5) is 5.82 Å². The van der Waals surface area contributed by atoms with Crippen LogP contribution in [0, 0.1) is 6.92 Å². The average molecular weight is 361 g/mol. The number of rotatable bonds is 6. The minimum Gasteiger partial charge on any atom is -0.394 e. The predicted octanol–water partition coefficient (Wildman–Crippen LogP) is 1.73. The Labute approximate surface area is 149 Å². The number of amides is 1. The molecule has 25 heavy (non-hydrogen) atoms. The smallest absolute Gasteiger partial charge is 0.280 e. The second-order valence-corrected chi connectivity index (χ2v) is 5.80. The second kappa shape index (κ2) is 7.45. The quantitative estimate of drug-likeness (QED) is 0.697. The minimum atomic E-state index is -0.488. The summed E-state index contributed by atoms with van der Waals surface area (Å²) in [6.07, 6.45) is 0. The van der Waals surface area contributed by atoms with Crippen molar-refractivity contribution in [3.05, 3.63) is 58.5 Å². The van der Waals surface area contributed by atoms with Crippen molar-refractivity contribution >= 4 is 23.3 Å². The highest BCUT2D eigenvalue weighted by atomic mass is 35.5. The number of nitrogens with zero attached hydrogens (tertiary/aromatic N) is 5. The monoisotopic (exact) mass is 360 g/mol. The van der Waals surface area contributed by atoms with Crippen LogP contribution in [-0.2, 0) is 13.1 Å². The first-order valence-corrected chi connectivity index (χ1v) is 8.06. The Balaban J connectivity index is 1.73. The molecule has 2 heterocycles. The number of hydrogen-bond acceptors (Lipinski definition) is 5. The summed E-state index contributed by atoms with van der Waals surface area (Å²) in [5.41, 5.74) is 1.86. The zero-order chi connectivity index (χ0) is 17.8. The van der Waals surface area contributed by atoms with E-state index in [4.69, 9.17) is 16.7 Å². The van der Waals surface area contributed by atoms with E-state index in [2.05, 4.69) is 20.7 Å². The van der Waals surface area contributed by atoms with Crippen LogP contribution >= 0.6 is 11.6 Å². The molecule has 2 N–H and O–H groups in total. The highest BCUT2D eigenvalue weighted by molar-refractivity contribution is 6.33. The van der Waals surface area contributed by atoms with Crippen LogP contribution in [0.1, 0.15) is 21.7 Å². The first-order chi connectivity index (χ1) is 12.1. The highest BCUT2D eigenvalue weighted by Crippen LogP contribution is 2.17. The molecule has 0 spiro atoms. The normalized spacial score (nSPS) is 10.8. The first-order valence-electron chi connectivity index (χ1n) is 7.68. The standard InChI is InChI=1S/C16H17ClN6O2/c1-11-9-13(20-22(11)7-8-24)18-16(25)14-15(17)23(21-19-14)10-12-5-3-2-4-6-12/h2-6,9,24H,7-8,10H2,1H3,(H,18,20,25). The van der Waals surface area contributed by atoms with Crippen molar-refractivity contribution in [2.75, 3.05) is 11.9 Å². The molecule has 1 amide bonds. The number of aryl methyl sites for hydroxylation is 1. The van der Waals surface area contributed by atoms with Crippen LogP contribution in [0.5, 0.6) is 0 Å². The summed E-state index contributed by atoms with van der Waals surface area (Å²) < 4.78 is 3.06. The van der Waals surface area contributed by atoms with Crippen molar-refractivity contribution < 1.29 is 9.90 Å². The molecule has 0 atom stereocenters. The zero-order valence-corrected chi connectivity index (χ0v) is 14.3. The number of hydrogen-bond donors (Lipinski definition) is 2. The molecule has 3 rings (SSSR count). The summed E-state index contributed by atoms with van der Waals surface area (Å²) in [4.78, 5) is 12.4. The van der Waals surface area contributed by atoms with Crippen LogP contribution in [0.3, 0.4) is 0 Å². The fourth-order valence-electron chi connectivity index (χ4n) is 2.37. The number of carbonyl (C=O) groups is 1. The van der Waals surface area contributed by atoms with E-state index < -0.39 is 5.91 Å². The summed E-state index contributed by atoms with van der Waals surface area (Å²) >= 11 is 6.24. The lowest BCUT2D eigenvalue weighted by Gasteiger charge is -2.03. The molecule has 9 heteroatoms. The molecule has 0 aliphatic carbocycles. The van der Waals surface area contributed by atoms with E-state index >= 15 is 0 Å². The number of aromatic nitrogens is 5. The average Bonchev–Trinajstić information content (AvgIpc) is 3.12. The maximum absolute atomic E-state index is 12.4. The molecule has 8 nitrogen and oxygen atoms in total. The third-order valence-electron chi connectivity index (χ3n) is 3.60. The van der Waals surface area contributed by atoms with Crippen LogP contribution in [-0.4, -0.2) is 42.4 Å². The minimum absolute atomic E-state index is 0.0322. The van der Waals surface area contributed by atoms with Crippen molar-refractivity contribution in [1.29, 1.82) is 0 Å². The number of carbonyl (C=O) groups excluding carboxylic acids is 1. The summed E-state index contributed by atoms with van der Waals surface area (Å²) in [5, 5.41) is 23.8. The van der Waals surface area contributed by atoms with Gasteiger partial charge in [-0.15, -0.1) is 5.10 Å². The number of aliphatic hydroxyl groups is 1. The Bertz CT molecular complexity index is 874. The molecule has 3 aromatic rings. The summed E-state index contributed by atoms with van der Waals surface area (Å²) in [6.45, 7) is 2.58. The Morgan fingerprint density at radius 1 is 1.28 bits per heavy atom. The maximum atomic E-state index is 12.4. The summed E-state index contributed by atoms with van der Waals surface area (Å²) in [6, 6.07) is 11.3. The molecule has 0 unspecified atom stereocenters. The van der Waals surface area contributed by atoms with E-state index in [1.165, 1.54) is 4.68 Å². The van der Waals surface area contributed by atoms with Crippen molar-refractivity contribution in [2.45, 2.75) is 20.0 Å². The lowest BCUT2D eigenvalue weighted by molar-refractivity contribution is 0.102. The molecule has 0 saturated carbocycles. The van der Waals surface area contributed by atoms with Gasteiger partial charge in [0.15, 0.2) is 16.7 Å². The van der Waals surface area contributed by atoms with E-state index in [1.807, 2.05) is 37.3 Å². The Hall–Kier alpha value is -2.71. The van der Waals surface area contributed by atoms with E-state index in [0.29, 0.717) is 18.9 Å². The first kappa shape index (κ1) is 17.1. The van der Waals surface area contributed by atoms with E-state index in [1.54, 1.807) is 10.7 Å². The molecule has 0 aliphatic rings. The molecule has 2 aromatic heterocycles. The molecule has 0 bridgehead atoms. The largest absolute Gasteiger partial charge is 0.394 e. The third-order valence-corrected chi connectivity index (χ3v) is 3.97. The van der Waals surface area contributed by atoms with Gasteiger partial charge in [-0.2, -0.15) is 5.10 Å². The fraction of sp³-hybridized carbons (Fsp3) is 0.250. The van der Waals surface area contributed by atoms with E-state index in [-0.39, 0.29) is 17.5 Å². The molecule has 0 fully saturated rings. The van der Waals surface area contributed by atoms with Gasteiger partial charge in [-0.05, 0) is 12.5 Å². The van der Waals surface area contributed by atoms with Crippen LogP contribution in [0.15, 0.2) is 36.4 Å². The zero-order valence-electron chi connectivity index (χ0n) is 13.6. The van der Waals surface area contributed by atoms with Crippen molar-refractivity contribution in [2.24, 2.45) is 0 Å². The van der Waals surface area contributed by atoms with Gasteiger partial charge in [-0.25, -0.2) is 4.68 Å². The van der Waals surface area contributed by atoms with Crippen LogP contribution in [0.25, 0.3) is 0 Å². The van der Waals surface area contributed by atoms with Crippen molar-refractivity contribution in [1.82, 2.24) is 24.8 Å². The van der Waals surface area contributed by atoms with E-state index in [0.717, 1.165) is 11.3 Å². The van der Waals surface area contributed by atoms with Gasteiger partial charge >= 0.3 is 0 Å². The Morgan fingerprint density at radius 3 is 2.76 bits per heavy atom. The molecule has 130 valence electrons. The number of anilines is 1. The number of benzene rings is 1. The van der Waals surface area contributed by atoms with Gasteiger partial charge in [-0.1, -0.05) is 47.1 Å². The summed E-state index contributed by atoms with van der Waals surface area (Å²) in [5.74, 6) is -0.123. The fourth-order valence-corrected chi connectivity index (χ4v) is 2.58. The van der Waals surface area contributed by atoms with Crippen LogP contribution in [0.2, 0.25) is 5.15 Å². The van der Waals surface area contributed by atoms with Crippen molar-refractivity contribution in [3.63, 3.8) is 0 Å². The summed E-state index contributed by atoms with van der Waals surface area (Å²) in [7, 11) is 0. The topological polar surface area (TPSA) is 97.9 Å². The van der Waals surface area contributed by atoms with Gasteiger partial charge in [0.1, 0.15) is 0 Å². The molecule has 0 aliphatic heterocycles. The molecule has 1 aromatic carbocycles. The molecular weight excluding hydrogens is 344 g/mol. The predicted molar refractivity (Wildman–Crippen MR) is 92.6 cm³/mol. The molecule has 0 saturated heterocycles. The van der Waals surface area contributed by atoms with Gasteiger partial charge in [0.05, 0.1) is 19.7 Å². The van der Waals surface area contributed by atoms with Gasteiger partial charge in [-0.3, -0.25) is 9.48 Å². The van der Waals surface area contributed by atoms with Gasteiger partial charge in [0, 0.05) is 11.8 Å². The lowest BCUT2D eigenvalue weighted by Crippen LogP contribution is -2.14. The second-order valence-electron chi connectivity index (χ2n) is 5.44. The highest BCUT2D eigenvalue weighted by Gasteiger charge is 2.19. The SMILES string of the molecule is Cc1cc(NC(=O)c2nnn(Cc3ccccc3)c2Cl)nn1CCO. The van der Waals surface area contributed by atoms with Crippen molar-refractivity contribution in [3.8, 4) is 0 Å². The maximum Gasteiger partial charge on any atom is 0.280 e. The van der Waals surface area contributed by atoms with Gasteiger partial charge < -0.3 is 10.4 Å². The third kappa shape index (κ3) is 3.86. The van der Waals surface area contributed by atoms with Gasteiger partial charge in [0.2, 0.25) is 0 Å². The van der Waals surface area contributed by atoms with E-state index in [9.17, 15) is 4.79 Å². The Kier molecular flexibility index (Phi) is 5.11. The van der Waals surface area contributed by atoms with Crippen LogP contribution < -0.4 is 5.32 Å². The number of nitrogens with one attached hydrogen (secondary N) is 1. The Morgan fingerprint density at radius 2 is 2.04 bits per heavy atom. The van der Waals surface area contributed by atoms with Gasteiger partial charge in [0.25, 0.3) is 5.91 Å². The number of halogens is 1. The molecular formula is C16H17ClN6O2. The lowest BCUT2D eigenvalue weighted by atomic mass is 10.2.